The van der Waals surface area contributed by atoms with Crippen LogP contribution >= 0.6 is 0 Å². The standard InChI is InChI=1S/C29H23N3O/c1-20-9-8-10-21(17-20)19-30-29(33)24-15-16-25-26(18-24)32-28(23-13-6-3-7-14-23)27(31-25)22-11-4-2-5-12-22/h2-18H,19H2,1H3,(H,30,33). The number of aryl methyl sites for hydroxylation is 1. The molecule has 0 aliphatic rings. The number of hydrogen-bond donors (Lipinski definition) is 1. The quantitative estimate of drug-likeness (QED) is 0.362. The smallest absolute Gasteiger partial charge is 0.251 e. The zero-order chi connectivity index (χ0) is 22.6. The van der Waals surface area contributed by atoms with Gasteiger partial charge in [-0.3, -0.25) is 4.79 Å². The third-order valence-electron chi connectivity index (χ3n) is 5.56. The van der Waals surface area contributed by atoms with Gasteiger partial charge in [-0.05, 0) is 30.7 Å². The summed E-state index contributed by atoms with van der Waals surface area (Å²) >= 11 is 0. The van der Waals surface area contributed by atoms with Crippen molar-refractivity contribution in [2.45, 2.75) is 13.5 Å². The summed E-state index contributed by atoms with van der Waals surface area (Å²) < 4.78 is 0. The molecule has 33 heavy (non-hydrogen) atoms. The number of amides is 1. The van der Waals surface area contributed by atoms with E-state index in [-0.39, 0.29) is 5.91 Å². The molecular weight excluding hydrogens is 406 g/mol. The second-order valence-corrected chi connectivity index (χ2v) is 8.03. The molecule has 5 rings (SSSR count). The minimum Gasteiger partial charge on any atom is -0.348 e. The fourth-order valence-corrected chi connectivity index (χ4v) is 3.90. The number of carbonyl (C=O) groups excluding carboxylic acids is 1. The van der Waals surface area contributed by atoms with Gasteiger partial charge in [0.05, 0.1) is 22.4 Å². The second-order valence-electron chi connectivity index (χ2n) is 8.03. The largest absolute Gasteiger partial charge is 0.348 e. The molecule has 0 aliphatic heterocycles. The van der Waals surface area contributed by atoms with Crippen LogP contribution in [0.1, 0.15) is 21.5 Å². The fraction of sp³-hybridized carbons (Fsp3) is 0.0690. The Morgan fingerprint density at radius 2 is 1.33 bits per heavy atom. The van der Waals surface area contributed by atoms with Crippen molar-refractivity contribution in [2.75, 3.05) is 0 Å². The van der Waals surface area contributed by atoms with Crippen molar-refractivity contribution in [3.05, 3.63) is 120 Å². The number of nitrogens with zero attached hydrogens (tertiary/aromatic N) is 2. The molecule has 1 heterocycles. The Labute approximate surface area is 193 Å². The molecule has 0 radical (unpaired) electrons. The van der Waals surface area contributed by atoms with Crippen LogP contribution in [-0.4, -0.2) is 15.9 Å². The van der Waals surface area contributed by atoms with Crippen molar-refractivity contribution in [2.24, 2.45) is 0 Å². The van der Waals surface area contributed by atoms with Gasteiger partial charge in [-0.2, -0.15) is 0 Å². The van der Waals surface area contributed by atoms with Crippen LogP contribution < -0.4 is 5.32 Å². The van der Waals surface area contributed by atoms with Crippen LogP contribution in [0.2, 0.25) is 0 Å². The molecule has 5 aromatic rings. The number of aromatic nitrogens is 2. The van der Waals surface area contributed by atoms with Gasteiger partial charge in [-0.1, -0.05) is 90.5 Å². The van der Waals surface area contributed by atoms with Crippen LogP contribution in [-0.2, 0) is 6.54 Å². The predicted molar refractivity (Wildman–Crippen MR) is 133 cm³/mol. The van der Waals surface area contributed by atoms with Crippen molar-refractivity contribution in [1.29, 1.82) is 0 Å². The Bertz CT molecular complexity index is 1430. The average molecular weight is 430 g/mol. The fourth-order valence-electron chi connectivity index (χ4n) is 3.90. The van der Waals surface area contributed by atoms with Crippen LogP contribution in [0.3, 0.4) is 0 Å². The highest BCUT2D eigenvalue weighted by Crippen LogP contribution is 2.31. The molecule has 0 saturated carbocycles. The molecular formula is C29H23N3O. The average Bonchev–Trinajstić information content (AvgIpc) is 2.87. The van der Waals surface area contributed by atoms with E-state index < -0.39 is 0 Å². The summed E-state index contributed by atoms with van der Waals surface area (Å²) in [6.45, 7) is 2.52. The SMILES string of the molecule is Cc1cccc(CNC(=O)c2ccc3nc(-c4ccccc4)c(-c4ccccc4)nc3c2)c1. The van der Waals surface area contributed by atoms with Gasteiger partial charge in [0.15, 0.2) is 0 Å². The minimum atomic E-state index is -0.131. The Morgan fingerprint density at radius 1 is 0.697 bits per heavy atom. The third-order valence-corrected chi connectivity index (χ3v) is 5.56. The molecule has 1 N–H and O–H groups in total. The molecule has 0 unspecified atom stereocenters. The lowest BCUT2D eigenvalue weighted by Crippen LogP contribution is -2.22. The highest BCUT2D eigenvalue weighted by molar-refractivity contribution is 5.98. The molecule has 0 fully saturated rings. The third kappa shape index (κ3) is 4.51. The first-order chi connectivity index (χ1) is 16.2. The molecule has 0 spiro atoms. The van der Waals surface area contributed by atoms with E-state index in [1.807, 2.05) is 97.9 Å². The minimum absolute atomic E-state index is 0.131. The Hall–Kier alpha value is -4.31. The van der Waals surface area contributed by atoms with E-state index in [0.29, 0.717) is 17.6 Å². The van der Waals surface area contributed by atoms with Gasteiger partial charge in [0, 0.05) is 23.2 Å². The molecule has 4 nitrogen and oxygen atoms in total. The van der Waals surface area contributed by atoms with E-state index in [4.69, 9.17) is 9.97 Å². The second kappa shape index (κ2) is 9.05. The van der Waals surface area contributed by atoms with Crippen LogP contribution in [0.25, 0.3) is 33.5 Å². The lowest BCUT2D eigenvalue weighted by molar-refractivity contribution is 0.0951. The summed E-state index contributed by atoms with van der Waals surface area (Å²) in [6, 6.07) is 33.7. The van der Waals surface area contributed by atoms with Crippen molar-refractivity contribution in [3.63, 3.8) is 0 Å². The molecule has 1 amide bonds. The van der Waals surface area contributed by atoms with E-state index >= 15 is 0 Å². The summed E-state index contributed by atoms with van der Waals surface area (Å²) in [5, 5.41) is 3.00. The number of benzene rings is 4. The molecule has 0 bridgehead atoms. The number of fused-ring (bicyclic) bond motifs is 1. The van der Waals surface area contributed by atoms with Crippen molar-refractivity contribution >= 4 is 16.9 Å². The zero-order valence-corrected chi connectivity index (χ0v) is 18.3. The van der Waals surface area contributed by atoms with Crippen molar-refractivity contribution in [1.82, 2.24) is 15.3 Å². The van der Waals surface area contributed by atoms with Gasteiger partial charge in [0.1, 0.15) is 0 Å². The van der Waals surface area contributed by atoms with Crippen molar-refractivity contribution in [3.8, 4) is 22.5 Å². The van der Waals surface area contributed by atoms with Gasteiger partial charge in [-0.15, -0.1) is 0 Å². The highest BCUT2D eigenvalue weighted by Gasteiger charge is 2.14. The van der Waals surface area contributed by atoms with Gasteiger partial charge >= 0.3 is 0 Å². The van der Waals surface area contributed by atoms with E-state index in [9.17, 15) is 4.79 Å². The van der Waals surface area contributed by atoms with Gasteiger partial charge in [-0.25, -0.2) is 9.97 Å². The maximum atomic E-state index is 12.8. The summed E-state index contributed by atoms with van der Waals surface area (Å²) in [7, 11) is 0. The molecule has 4 aromatic carbocycles. The van der Waals surface area contributed by atoms with Gasteiger partial charge in [0.25, 0.3) is 5.91 Å². The summed E-state index contributed by atoms with van der Waals surface area (Å²) in [5.74, 6) is -0.131. The first-order valence-corrected chi connectivity index (χ1v) is 10.9. The molecule has 4 heteroatoms. The van der Waals surface area contributed by atoms with E-state index in [2.05, 4.69) is 11.4 Å². The van der Waals surface area contributed by atoms with Crippen LogP contribution in [0.4, 0.5) is 0 Å². The van der Waals surface area contributed by atoms with Crippen LogP contribution in [0.5, 0.6) is 0 Å². The molecule has 0 saturated heterocycles. The Balaban J connectivity index is 1.52. The lowest BCUT2D eigenvalue weighted by Gasteiger charge is -2.12. The number of nitrogens with one attached hydrogen (secondary N) is 1. The lowest BCUT2D eigenvalue weighted by atomic mass is 10.0. The first kappa shape index (κ1) is 20.6. The Kier molecular flexibility index (Phi) is 5.64. The molecule has 0 aliphatic carbocycles. The highest BCUT2D eigenvalue weighted by atomic mass is 16.1. The van der Waals surface area contributed by atoms with E-state index in [0.717, 1.165) is 33.6 Å². The monoisotopic (exact) mass is 429 g/mol. The Morgan fingerprint density at radius 3 is 1.97 bits per heavy atom. The number of hydrogen-bond acceptors (Lipinski definition) is 3. The number of carbonyl (C=O) groups is 1. The maximum Gasteiger partial charge on any atom is 0.251 e. The predicted octanol–water partition coefficient (Wildman–Crippen LogP) is 6.20. The molecule has 1 aromatic heterocycles. The summed E-state index contributed by atoms with van der Waals surface area (Å²) in [4.78, 5) is 22.7. The van der Waals surface area contributed by atoms with Gasteiger partial charge < -0.3 is 5.32 Å². The molecule has 160 valence electrons. The first-order valence-electron chi connectivity index (χ1n) is 10.9. The van der Waals surface area contributed by atoms with Crippen molar-refractivity contribution < 1.29 is 4.79 Å². The topological polar surface area (TPSA) is 54.9 Å². The zero-order valence-electron chi connectivity index (χ0n) is 18.3. The normalized spacial score (nSPS) is 10.8. The summed E-state index contributed by atoms with van der Waals surface area (Å²) in [6.07, 6.45) is 0. The van der Waals surface area contributed by atoms with Crippen LogP contribution in [0, 0.1) is 6.92 Å². The number of rotatable bonds is 5. The maximum absolute atomic E-state index is 12.8. The van der Waals surface area contributed by atoms with E-state index in [1.54, 1.807) is 6.07 Å². The summed E-state index contributed by atoms with van der Waals surface area (Å²) in [5.41, 5.74) is 7.87. The van der Waals surface area contributed by atoms with Gasteiger partial charge in [0.2, 0.25) is 0 Å². The van der Waals surface area contributed by atoms with E-state index in [1.165, 1.54) is 5.56 Å². The van der Waals surface area contributed by atoms with Crippen LogP contribution in [0.15, 0.2) is 103 Å². The molecule has 0 atom stereocenters.